The summed E-state index contributed by atoms with van der Waals surface area (Å²) in [6, 6.07) is 0.893. The summed E-state index contributed by atoms with van der Waals surface area (Å²) < 4.78 is 7.86. The predicted molar refractivity (Wildman–Crippen MR) is 97.6 cm³/mol. The number of carbonyl (C=O) groups excluding carboxylic acids is 1. The minimum atomic E-state index is -0.445. The molecule has 0 aromatic carbocycles. The smallest absolute Gasteiger partial charge is 0.410 e. The van der Waals surface area contributed by atoms with E-state index in [4.69, 9.17) is 4.74 Å². The van der Waals surface area contributed by atoms with E-state index in [-0.39, 0.29) is 18.2 Å². The molecule has 0 bridgehead atoms. The highest BCUT2D eigenvalue weighted by atomic mass is 16.6. The number of imidazole rings is 1. The molecule has 0 radical (unpaired) electrons. The van der Waals surface area contributed by atoms with E-state index in [0.717, 1.165) is 44.5 Å². The van der Waals surface area contributed by atoms with Gasteiger partial charge in [0.15, 0.2) is 0 Å². The Morgan fingerprint density at radius 1 is 1.40 bits per heavy atom. The van der Waals surface area contributed by atoms with Gasteiger partial charge in [-0.2, -0.15) is 0 Å². The molecular formula is C19H32N4O2. The first-order valence-corrected chi connectivity index (χ1v) is 9.51. The number of hydrogen-bond donors (Lipinski definition) is 1. The van der Waals surface area contributed by atoms with Crippen molar-refractivity contribution in [3.8, 4) is 0 Å². The van der Waals surface area contributed by atoms with Crippen LogP contribution in [0.1, 0.15) is 58.5 Å². The third-order valence-electron chi connectivity index (χ3n) is 5.12. The molecule has 140 valence electrons. The van der Waals surface area contributed by atoms with Crippen LogP contribution >= 0.6 is 0 Å². The van der Waals surface area contributed by atoms with Crippen LogP contribution in [0.2, 0.25) is 0 Å². The number of fused-ring (bicyclic) bond motifs is 1. The first kappa shape index (κ1) is 18.2. The maximum atomic E-state index is 12.5. The minimum Gasteiger partial charge on any atom is -0.444 e. The number of nitrogens with one attached hydrogen (secondary N) is 1. The molecule has 25 heavy (non-hydrogen) atoms. The quantitative estimate of drug-likeness (QED) is 0.912. The number of likely N-dealkylation sites (tertiary alicyclic amines) is 1. The zero-order chi connectivity index (χ0) is 18.2. The molecule has 1 saturated heterocycles. The second-order valence-electron chi connectivity index (χ2n) is 8.53. The van der Waals surface area contributed by atoms with Crippen molar-refractivity contribution in [3.05, 3.63) is 17.7 Å². The summed E-state index contributed by atoms with van der Waals surface area (Å²) >= 11 is 0. The van der Waals surface area contributed by atoms with Gasteiger partial charge in [0.05, 0.1) is 11.7 Å². The normalized spacial score (nSPS) is 24.9. The second-order valence-corrected chi connectivity index (χ2v) is 8.53. The van der Waals surface area contributed by atoms with Crippen LogP contribution in [0.4, 0.5) is 4.79 Å². The Morgan fingerprint density at radius 2 is 2.16 bits per heavy atom. The number of carbonyl (C=O) groups is 1. The van der Waals surface area contributed by atoms with E-state index >= 15 is 0 Å². The van der Waals surface area contributed by atoms with Gasteiger partial charge in [-0.25, -0.2) is 9.78 Å². The molecule has 1 aromatic rings. The van der Waals surface area contributed by atoms with E-state index in [9.17, 15) is 4.79 Å². The highest BCUT2D eigenvalue weighted by Crippen LogP contribution is 2.24. The van der Waals surface area contributed by atoms with E-state index < -0.39 is 5.60 Å². The van der Waals surface area contributed by atoms with Gasteiger partial charge in [0.1, 0.15) is 11.4 Å². The van der Waals surface area contributed by atoms with Gasteiger partial charge in [0.25, 0.3) is 0 Å². The fourth-order valence-electron chi connectivity index (χ4n) is 4.06. The highest BCUT2D eigenvalue weighted by molar-refractivity contribution is 5.69. The van der Waals surface area contributed by atoms with Gasteiger partial charge >= 0.3 is 6.09 Å². The molecule has 1 aromatic heterocycles. The molecule has 3 atom stereocenters. The van der Waals surface area contributed by atoms with Crippen LogP contribution in [-0.2, 0) is 17.7 Å². The summed E-state index contributed by atoms with van der Waals surface area (Å²) in [5.41, 5.74) is 0.649. The van der Waals surface area contributed by atoms with Crippen LogP contribution in [0, 0.1) is 6.92 Å². The Balaban J connectivity index is 1.59. The largest absolute Gasteiger partial charge is 0.444 e. The lowest BCUT2D eigenvalue weighted by Gasteiger charge is -2.35. The average Bonchev–Trinajstić information content (AvgIpc) is 3.10. The van der Waals surface area contributed by atoms with Gasteiger partial charge < -0.3 is 19.5 Å². The topological polar surface area (TPSA) is 59.4 Å². The second kappa shape index (κ2) is 6.98. The number of nitrogens with zero attached hydrogens (tertiary/aromatic N) is 3. The average molecular weight is 348 g/mol. The van der Waals surface area contributed by atoms with Crippen molar-refractivity contribution in [1.29, 1.82) is 0 Å². The number of rotatable bonds is 3. The summed E-state index contributed by atoms with van der Waals surface area (Å²) in [6.45, 7) is 11.8. The number of hydrogen-bond acceptors (Lipinski definition) is 4. The van der Waals surface area contributed by atoms with E-state index in [2.05, 4.69) is 28.0 Å². The van der Waals surface area contributed by atoms with Gasteiger partial charge in [-0.1, -0.05) is 0 Å². The number of aromatic nitrogens is 2. The van der Waals surface area contributed by atoms with Crippen molar-refractivity contribution in [2.75, 3.05) is 6.54 Å². The molecule has 6 nitrogen and oxygen atoms in total. The maximum absolute atomic E-state index is 12.5. The number of ether oxygens (including phenoxy) is 1. The zero-order valence-electron chi connectivity index (χ0n) is 16.2. The van der Waals surface area contributed by atoms with Crippen molar-refractivity contribution in [2.24, 2.45) is 0 Å². The van der Waals surface area contributed by atoms with Gasteiger partial charge in [-0.05, 0) is 53.9 Å². The maximum Gasteiger partial charge on any atom is 0.410 e. The van der Waals surface area contributed by atoms with Gasteiger partial charge in [-0.3, -0.25) is 0 Å². The third kappa shape index (κ3) is 4.35. The first-order chi connectivity index (χ1) is 11.7. The lowest BCUT2D eigenvalue weighted by atomic mass is 10.0. The SMILES string of the molecule is Cc1cn2c(n1)CCC(NC(C)C1CCCN1C(=O)OC(C)(C)C)C2. The van der Waals surface area contributed by atoms with Crippen LogP contribution in [0.15, 0.2) is 6.20 Å². The van der Waals surface area contributed by atoms with Crippen LogP contribution in [0.3, 0.4) is 0 Å². The summed E-state index contributed by atoms with van der Waals surface area (Å²) in [4.78, 5) is 19.0. The molecule has 6 heteroatoms. The molecule has 3 unspecified atom stereocenters. The minimum absolute atomic E-state index is 0.181. The zero-order valence-corrected chi connectivity index (χ0v) is 16.2. The van der Waals surface area contributed by atoms with Crippen LogP contribution in [0.25, 0.3) is 0 Å². The van der Waals surface area contributed by atoms with Gasteiger partial charge in [0, 0.05) is 37.8 Å². The van der Waals surface area contributed by atoms with Crippen molar-refractivity contribution >= 4 is 6.09 Å². The number of amides is 1. The Morgan fingerprint density at radius 3 is 2.88 bits per heavy atom. The summed E-state index contributed by atoms with van der Waals surface area (Å²) in [6.07, 6.45) is 6.15. The fraction of sp³-hybridized carbons (Fsp3) is 0.789. The third-order valence-corrected chi connectivity index (χ3v) is 5.12. The Kier molecular flexibility index (Phi) is 5.09. The molecule has 1 fully saturated rings. The molecule has 2 aliphatic rings. The molecule has 1 N–H and O–H groups in total. The molecule has 2 aliphatic heterocycles. The lowest BCUT2D eigenvalue weighted by Crippen LogP contribution is -2.52. The fourth-order valence-corrected chi connectivity index (χ4v) is 4.06. The Labute approximate surface area is 150 Å². The highest BCUT2D eigenvalue weighted by Gasteiger charge is 2.36. The Hall–Kier alpha value is -1.56. The van der Waals surface area contributed by atoms with E-state index in [1.807, 2.05) is 32.6 Å². The molecule has 1 amide bonds. The van der Waals surface area contributed by atoms with Gasteiger partial charge in [-0.15, -0.1) is 0 Å². The molecule has 0 saturated carbocycles. The first-order valence-electron chi connectivity index (χ1n) is 9.51. The van der Waals surface area contributed by atoms with Gasteiger partial charge in [0.2, 0.25) is 0 Å². The predicted octanol–water partition coefficient (Wildman–Crippen LogP) is 2.88. The molecule has 3 heterocycles. The van der Waals surface area contributed by atoms with E-state index in [1.165, 1.54) is 5.82 Å². The summed E-state index contributed by atoms with van der Waals surface area (Å²) in [5.74, 6) is 1.19. The van der Waals surface area contributed by atoms with Crippen molar-refractivity contribution in [3.63, 3.8) is 0 Å². The van der Waals surface area contributed by atoms with Crippen molar-refractivity contribution in [2.45, 2.75) is 90.6 Å². The summed E-state index contributed by atoms with van der Waals surface area (Å²) in [7, 11) is 0. The van der Waals surface area contributed by atoms with E-state index in [0.29, 0.717) is 6.04 Å². The standard InChI is InChI=1S/C19H32N4O2/c1-13-11-22-12-15(8-9-17(22)20-13)21-14(2)16-7-6-10-23(16)18(24)25-19(3,4)5/h11,14-16,21H,6-10,12H2,1-5H3. The summed E-state index contributed by atoms with van der Waals surface area (Å²) in [5, 5.41) is 3.76. The van der Waals surface area contributed by atoms with Crippen LogP contribution < -0.4 is 5.32 Å². The van der Waals surface area contributed by atoms with Crippen molar-refractivity contribution in [1.82, 2.24) is 19.8 Å². The van der Waals surface area contributed by atoms with Crippen LogP contribution in [0.5, 0.6) is 0 Å². The van der Waals surface area contributed by atoms with E-state index in [1.54, 1.807) is 0 Å². The monoisotopic (exact) mass is 348 g/mol. The molecule has 0 spiro atoms. The molecular weight excluding hydrogens is 316 g/mol. The lowest BCUT2D eigenvalue weighted by molar-refractivity contribution is 0.0195. The van der Waals surface area contributed by atoms with Crippen LogP contribution in [-0.4, -0.2) is 50.8 Å². The number of aryl methyl sites for hydroxylation is 2. The molecule has 0 aliphatic carbocycles. The molecule has 3 rings (SSSR count). The van der Waals surface area contributed by atoms with Crippen molar-refractivity contribution < 1.29 is 9.53 Å². The Bertz CT molecular complexity index is 619.